The number of carbonyl (C=O) groups is 2. The van der Waals surface area contributed by atoms with Gasteiger partial charge in [-0.2, -0.15) is 0 Å². The van der Waals surface area contributed by atoms with E-state index in [1.165, 1.54) is 0 Å². The summed E-state index contributed by atoms with van der Waals surface area (Å²) in [6.07, 6.45) is 0. The highest BCUT2D eigenvalue weighted by Gasteiger charge is 2.14. The number of thiocarbonyl (C=S) groups is 1. The molecular formula is C22H18BrN3O2S. The van der Waals surface area contributed by atoms with Gasteiger partial charge in [-0.15, -0.1) is 0 Å². The Morgan fingerprint density at radius 2 is 1.59 bits per heavy atom. The first kappa shape index (κ1) is 20.7. The van der Waals surface area contributed by atoms with Crippen molar-refractivity contribution >= 4 is 56.4 Å². The van der Waals surface area contributed by atoms with E-state index in [0.29, 0.717) is 16.8 Å². The number of hydrogen-bond acceptors (Lipinski definition) is 3. The summed E-state index contributed by atoms with van der Waals surface area (Å²) in [7, 11) is 1.72. The van der Waals surface area contributed by atoms with Crippen LogP contribution in [0.25, 0.3) is 0 Å². The average molecular weight is 468 g/mol. The smallest absolute Gasteiger partial charge is 0.258 e. The molecule has 0 spiro atoms. The lowest BCUT2D eigenvalue weighted by atomic mass is 10.1. The van der Waals surface area contributed by atoms with Crippen LogP contribution in [-0.2, 0) is 0 Å². The fraction of sp³-hybridized carbons (Fsp3) is 0.0455. The number of hydrogen-bond donors (Lipinski definition) is 2. The SMILES string of the molecule is CN(C(=O)c1cccc(NC(=S)NC(=O)c2cccc(Br)c2)c1)c1ccccc1. The molecule has 2 N–H and O–H groups in total. The van der Waals surface area contributed by atoms with Crippen LogP contribution < -0.4 is 15.5 Å². The normalized spacial score (nSPS) is 10.1. The van der Waals surface area contributed by atoms with Crippen LogP contribution in [0.4, 0.5) is 11.4 Å². The maximum Gasteiger partial charge on any atom is 0.258 e. The molecule has 0 fully saturated rings. The predicted octanol–water partition coefficient (Wildman–Crippen LogP) is 4.85. The van der Waals surface area contributed by atoms with E-state index in [0.717, 1.165) is 10.2 Å². The molecule has 0 heterocycles. The van der Waals surface area contributed by atoms with Gasteiger partial charge in [0.15, 0.2) is 5.11 Å². The molecule has 7 heteroatoms. The number of amides is 2. The first-order valence-electron chi connectivity index (χ1n) is 8.75. The van der Waals surface area contributed by atoms with Crippen LogP contribution in [0.1, 0.15) is 20.7 Å². The molecule has 2 amide bonds. The Bertz CT molecular complexity index is 1060. The Balaban J connectivity index is 1.67. The van der Waals surface area contributed by atoms with Gasteiger partial charge in [0.05, 0.1) is 0 Å². The topological polar surface area (TPSA) is 61.4 Å². The molecule has 0 radical (unpaired) electrons. The summed E-state index contributed by atoms with van der Waals surface area (Å²) in [6.45, 7) is 0. The van der Waals surface area contributed by atoms with E-state index < -0.39 is 0 Å². The number of anilines is 2. The van der Waals surface area contributed by atoms with Crippen LogP contribution in [0, 0.1) is 0 Å². The summed E-state index contributed by atoms with van der Waals surface area (Å²) < 4.78 is 0.803. The van der Waals surface area contributed by atoms with Gasteiger partial charge in [0.2, 0.25) is 0 Å². The lowest BCUT2D eigenvalue weighted by molar-refractivity contribution is 0.0974. The molecule has 3 rings (SSSR count). The van der Waals surface area contributed by atoms with Crippen molar-refractivity contribution < 1.29 is 9.59 Å². The highest BCUT2D eigenvalue weighted by atomic mass is 79.9. The fourth-order valence-electron chi connectivity index (χ4n) is 2.66. The number of carbonyl (C=O) groups excluding carboxylic acids is 2. The van der Waals surface area contributed by atoms with Gasteiger partial charge in [0.1, 0.15) is 0 Å². The maximum absolute atomic E-state index is 12.8. The van der Waals surface area contributed by atoms with Crippen molar-refractivity contribution in [2.45, 2.75) is 0 Å². The first-order chi connectivity index (χ1) is 13.9. The standard InChI is InChI=1S/C22H18BrN3O2S/c1-26(19-11-3-2-4-12-19)21(28)16-8-6-10-18(14-16)24-22(29)25-20(27)15-7-5-9-17(23)13-15/h2-14H,1H3,(H2,24,25,27,29). The number of halogens is 1. The largest absolute Gasteiger partial charge is 0.332 e. The highest BCUT2D eigenvalue weighted by Crippen LogP contribution is 2.17. The summed E-state index contributed by atoms with van der Waals surface area (Å²) in [5, 5.41) is 5.73. The van der Waals surface area contributed by atoms with Crippen LogP contribution in [0.15, 0.2) is 83.3 Å². The van der Waals surface area contributed by atoms with Crippen molar-refractivity contribution in [1.82, 2.24) is 5.32 Å². The minimum atomic E-state index is -0.320. The number of benzene rings is 3. The van der Waals surface area contributed by atoms with Crippen LogP contribution in [0.2, 0.25) is 0 Å². The minimum absolute atomic E-state index is 0.149. The summed E-state index contributed by atoms with van der Waals surface area (Å²) in [5.74, 6) is -0.469. The van der Waals surface area contributed by atoms with Crippen molar-refractivity contribution in [3.05, 3.63) is 94.5 Å². The fourth-order valence-corrected chi connectivity index (χ4v) is 3.27. The zero-order valence-corrected chi connectivity index (χ0v) is 18.0. The number of nitrogens with one attached hydrogen (secondary N) is 2. The summed E-state index contributed by atoms with van der Waals surface area (Å²) in [4.78, 5) is 26.6. The molecule has 0 saturated heterocycles. The van der Waals surface area contributed by atoms with Crippen molar-refractivity contribution in [3.8, 4) is 0 Å². The van der Waals surface area contributed by atoms with Gasteiger partial charge in [-0.1, -0.05) is 46.3 Å². The van der Waals surface area contributed by atoms with Crippen LogP contribution >= 0.6 is 28.1 Å². The second-order valence-electron chi connectivity index (χ2n) is 6.20. The van der Waals surface area contributed by atoms with Gasteiger partial charge < -0.3 is 10.2 Å². The van der Waals surface area contributed by atoms with Crippen LogP contribution in [0.3, 0.4) is 0 Å². The van der Waals surface area contributed by atoms with Gasteiger partial charge in [-0.25, -0.2) is 0 Å². The van der Waals surface area contributed by atoms with E-state index >= 15 is 0 Å². The zero-order valence-electron chi connectivity index (χ0n) is 15.6. The molecule has 3 aromatic carbocycles. The maximum atomic E-state index is 12.8. The van der Waals surface area contributed by atoms with Crippen molar-refractivity contribution in [1.29, 1.82) is 0 Å². The monoisotopic (exact) mass is 467 g/mol. The second kappa shape index (κ2) is 9.45. The van der Waals surface area contributed by atoms with Gasteiger partial charge in [0, 0.05) is 34.0 Å². The van der Waals surface area contributed by atoms with Crippen LogP contribution in [-0.4, -0.2) is 24.0 Å². The first-order valence-corrected chi connectivity index (χ1v) is 9.95. The van der Waals surface area contributed by atoms with Gasteiger partial charge in [-0.3, -0.25) is 14.9 Å². The summed E-state index contributed by atoms with van der Waals surface area (Å²) >= 11 is 8.57. The molecule has 0 atom stereocenters. The Kier molecular flexibility index (Phi) is 6.74. The molecule has 0 bridgehead atoms. The number of para-hydroxylation sites is 1. The molecular weight excluding hydrogens is 450 g/mol. The van der Waals surface area contributed by atoms with E-state index in [1.54, 1.807) is 54.4 Å². The van der Waals surface area contributed by atoms with Gasteiger partial charge in [-0.05, 0) is 60.7 Å². The Morgan fingerprint density at radius 1 is 0.897 bits per heavy atom. The Labute approximate surface area is 182 Å². The van der Waals surface area contributed by atoms with E-state index in [4.69, 9.17) is 12.2 Å². The van der Waals surface area contributed by atoms with E-state index in [1.807, 2.05) is 36.4 Å². The highest BCUT2D eigenvalue weighted by molar-refractivity contribution is 9.10. The molecule has 0 saturated carbocycles. The molecule has 146 valence electrons. The van der Waals surface area contributed by atoms with Crippen molar-refractivity contribution in [2.24, 2.45) is 0 Å². The molecule has 0 aromatic heterocycles. The molecule has 0 aliphatic heterocycles. The summed E-state index contributed by atoms with van der Waals surface area (Å²) in [6, 6.07) is 23.4. The second-order valence-corrected chi connectivity index (χ2v) is 7.52. The third kappa shape index (κ3) is 5.49. The van der Waals surface area contributed by atoms with Crippen LogP contribution in [0.5, 0.6) is 0 Å². The third-order valence-corrected chi connectivity index (χ3v) is 4.83. The zero-order chi connectivity index (χ0) is 20.8. The molecule has 0 unspecified atom stereocenters. The van der Waals surface area contributed by atoms with Gasteiger partial charge >= 0.3 is 0 Å². The molecule has 3 aromatic rings. The van der Waals surface area contributed by atoms with E-state index in [2.05, 4.69) is 26.6 Å². The van der Waals surface area contributed by atoms with E-state index in [9.17, 15) is 9.59 Å². The lowest BCUT2D eigenvalue weighted by Gasteiger charge is -2.18. The molecule has 5 nitrogen and oxygen atoms in total. The quantitative estimate of drug-likeness (QED) is 0.538. The third-order valence-electron chi connectivity index (χ3n) is 4.13. The average Bonchev–Trinajstić information content (AvgIpc) is 2.73. The van der Waals surface area contributed by atoms with E-state index in [-0.39, 0.29) is 16.9 Å². The molecule has 0 aliphatic carbocycles. The number of rotatable bonds is 4. The lowest BCUT2D eigenvalue weighted by Crippen LogP contribution is -2.34. The minimum Gasteiger partial charge on any atom is -0.332 e. The molecule has 0 aliphatic rings. The Hall–Kier alpha value is -3.03. The van der Waals surface area contributed by atoms with Crippen molar-refractivity contribution in [3.63, 3.8) is 0 Å². The number of nitrogens with zero attached hydrogens (tertiary/aromatic N) is 1. The summed E-state index contributed by atoms with van der Waals surface area (Å²) in [5.41, 5.74) is 2.39. The van der Waals surface area contributed by atoms with Crippen molar-refractivity contribution in [2.75, 3.05) is 17.3 Å². The Morgan fingerprint density at radius 3 is 2.31 bits per heavy atom. The van der Waals surface area contributed by atoms with Gasteiger partial charge in [0.25, 0.3) is 11.8 Å². The molecule has 29 heavy (non-hydrogen) atoms. The predicted molar refractivity (Wildman–Crippen MR) is 123 cm³/mol.